The van der Waals surface area contributed by atoms with Crippen LogP contribution in [0.15, 0.2) is 0 Å². The van der Waals surface area contributed by atoms with E-state index < -0.39 is 41.8 Å². The van der Waals surface area contributed by atoms with E-state index in [0.29, 0.717) is 100.0 Å². The summed E-state index contributed by atoms with van der Waals surface area (Å²) in [6, 6.07) is -1.67. The molecule has 4 saturated heterocycles. The maximum atomic E-state index is 12.1. The normalized spacial score (nSPS) is 16.4. The van der Waals surface area contributed by atoms with Gasteiger partial charge in [0, 0.05) is 95.2 Å². The second-order valence-corrected chi connectivity index (χ2v) is 18.5. The average Bonchev–Trinajstić information content (AvgIpc) is 4.06. The van der Waals surface area contributed by atoms with Crippen LogP contribution >= 0.6 is 35.3 Å². The van der Waals surface area contributed by atoms with Gasteiger partial charge >= 0.3 is 17.9 Å². The van der Waals surface area contributed by atoms with Gasteiger partial charge in [0.05, 0.1) is 17.3 Å². The molecule has 2 unspecified atom stereocenters. The monoisotopic (exact) mass is 994 g/mol. The Balaban J connectivity index is 0.00000111. The molecule has 4 rings (SSSR count). The molecule has 66 heavy (non-hydrogen) atoms. The van der Waals surface area contributed by atoms with Gasteiger partial charge in [-0.15, -0.1) is 16.8 Å². The van der Waals surface area contributed by atoms with Gasteiger partial charge < -0.3 is 51.9 Å². The minimum Gasteiger partial charge on any atom is -0.480 e. The van der Waals surface area contributed by atoms with Crippen molar-refractivity contribution < 1.29 is 63.0 Å². The second kappa shape index (κ2) is 36.0. The molecule has 2 atom stereocenters. The molecule has 7 amide bonds. The molecule has 4 aliphatic rings. The summed E-state index contributed by atoms with van der Waals surface area (Å²) in [5.41, 5.74) is 10.4. The summed E-state index contributed by atoms with van der Waals surface area (Å²) in [7, 11) is 0. The highest BCUT2D eigenvalue weighted by atomic mass is 32.2. The number of aliphatic carboxylic acids is 2. The largest absolute Gasteiger partial charge is 0.480 e. The van der Waals surface area contributed by atoms with E-state index in [1.807, 2.05) is 4.90 Å². The van der Waals surface area contributed by atoms with Crippen molar-refractivity contribution in [2.45, 2.75) is 117 Å². The lowest BCUT2D eigenvalue weighted by atomic mass is 10.1. The Labute approximate surface area is 401 Å². The van der Waals surface area contributed by atoms with Crippen LogP contribution in [-0.4, -0.2) is 188 Å². The van der Waals surface area contributed by atoms with Crippen molar-refractivity contribution in [1.82, 2.24) is 30.4 Å². The van der Waals surface area contributed by atoms with Gasteiger partial charge in [-0.2, -0.15) is 23.5 Å². The Morgan fingerprint density at radius 2 is 1.06 bits per heavy atom. The number of hydrogen-bond donors (Lipinski definition) is 6. The number of imide groups is 1. The van der Waals surface area contributed by atoms with Gasteiger partial charge in [0.25, 0.3) is 11.8 Å². The topological polar surface area (TPSA) is 309 Å². The first kappa shape index (κ1) is 61.9. The minimum atomic E-state index is -1.07. The van der Waals surface area contributed by atoms with Crippen molar-refractivity contribution in [3.63, 3.8) is 0 Å². The van der Waals surface area contributed by atoms with Gasteiger partial charge in [-0.1, -0.05) is 21.3 Å². The summed E-state index contributed by atoms with van der Waals surface area (Å²) >= 11 is 4.20. The third-order valence-corrected chi connectivity index (χ3v) is 12.9. The molecular formula is C42H74N8O13S3. The van der Waals surface area contributed by atoms with Crippen LogP contribution in [0.3, 0.4) is 0 Å². The van der Waals surface area contributed by atoms with Crippen LogP contribution in [0.4, 0.5) is 0 Å². The number of nitrogens with zero attached hydrogens (tertiary/aromatic N) is 4. The molecule has 0 aromatic carbocycles. The van der Waals surface area contributed by atoms with Crippen LogP contribution in [0.2, 0.25) is 0 Å². The van der Waals surface area contributed by atoms with Crippen molar-refractivity contribution in [3.8, 4) is 0 Å². The summed E-state index contributed by atoms with van der Waals surface area (Å²) in [5, 5.41) is 23.6. The highest BCUT2D eigenvalue weighted by Gasteiger charge is 2.33. The number of carboxylic acids is 2. The molecule has 0 saturated carbocycles. The highest BCUT2D eigenvalue weighted by molar-refractivity contribution is 8.00. The lowest BCUT2D eigenvalue weighted by Crippen LogP contribution is -2.41. The summed E-state index contributed by atoms with van der Waals surface area (Å²) < 4.78 is 0. The third kappa shape index (κ3) is 26.3. The van der Waals surface area contributed by atoms with Crippen molar-refractivity contribution in [2.75, 3.05) is 86.9 Å². The zero-order valence-electron chi connectivity index (χ0n) is 36.5. The van der Waals surface area contributed by atoms with E-state index in [1.165, 1.54) is 35.3 Å². The van der Waals surface area contributed by atoms with E-state index in [-0.39, 0.29) is 68.7 Å². The Morgan fingerprint density at radius 3 is 1.48 bits per heavy atom. The summed E-state index contributed by atoms with van der Waals surface area (Å²) in [6.07, 6.45) is 8.34. The first-order chi connectivity index (χ1) is 30.6. The predicted octanol–water partition coefficient (Wildman–Crippen LogP) is 1.30. The molecule has 21 nitrogen and oxygen atoms in total. The van der Waals surface area contributed by atoms with E-state index >= 15 is 0 Å². The standard InChI is InChI=1S/C22H36N4O6S2.C12H16N2O5S.C6H14N2O2.2CH4/c27-18(15-33-13-11-25-9-3-6-20(25)29)23-8-2-1-5-17(22(31)32)24-19(28)16-34-14-12-26-10-4-7-21(26)30;15-9-2-1-5-13(9)6-7-20-8-12(18)19-14-10(16)3-4-11(14)17;7-4-2-1-3-5(8)6(9)10;;/h17H,1-16H2,(H,23,27)(H,24,28)(H,31,32);1-8H2;5H,1-4,7-8H2,(H,9,10);2*1H4. The van der Waals surface area contributed by atoms with E-state index in [2.05, 4.69) is 10.6 Å². The Hall–Kier alpha value is -4.13. The van der Waals surface area contributed by atoms with Crippen molar-refractivity contribution in [1.29, 1.82) is 0 Å². The van der Waals surface area contributed by atoms with Gasteiger partial charge in [0.15, 0.2) is 0 Å². The number of thioether (sulfide) groups is 3. The first-order valence-electron chi connectivity index (χ1n) is 21.7. The Bertz CT molecular complexity index is 1560. The Kier molecular flexibility index (Phi) is 33.7. The van der Waals surface area contributed by atoms with Crippen LogP contribution in [0, 0.1) is 0 Å². The van der Waals surface area contributed by atoms with Gasteiger partial charge in [0.2, 0.25) is 29.5 Å². The van der Waals surface area contributed by atoms with Crippen LogP contribution in [0.25, 0.3) is 0 Å². The molecule has 378 valence electrons. The maximum Gasteiger partial charge on any atom is 0.342 e. The number of amides is 7. The number of nitrogens with two attached hydrogens (primary N) is 2. The molecule has 0 aromatic rings. The number of hydrogen-bond acceptors (Lipinski definition) is 16. The van der Waals surface area contributed by atoms with Gasteiger partial charge in [0.1, 0.15) is 12.1 Å². The summed E-state index contributed by atoms with van der Waals surface area (Å²) in [4.78, 5) is 124. The third-order valence-electron chi connectivity index (χ3n) is 10.1. The number of rotatable bonds is 28. The SMILES string of the molecule is C.C.NCCCCC(N)C(=O)O.O=C(CSCCN1CCCC1=O)NCCCCC(NC(=O)CSCCN1CCCC1=O)C(=O)O.O=C(CSCCN1CCCC1=O)ON1C(=O)CCC1=O. The van der Waals surface area contributed by atoms with Crippen LogP contribution in [0.5, 0.6) is 0 Å². The molecule has 0 aliphatic carbocycles. The zero-order valence-corrected chi connectivity index (χ0v) is 39.0. The summed E-state index contributed by atoms with van der Waals surface area (Å²) in [6.45, 7) is 5.31. The molecule has 24 heteroatoms. The smallest absolute Gasteiger partial charge is 0.342 e. The number of carboxylic acid groups (broad SMARTS) is 2. The molecule has 0 aromatic heterocycles. The van der Waals surface area contributed by atoms with E-state index in [4.69, 9.17) is 21.4 Å². The molecule has 8 N–H and O–H groups in total. The molecular weight excluding hydrogens is 921 g/mol. The number of carbonyl (C=O) groups excluding carboxylic acids is 8. The zero-order chi connectivity index (χ0) is 47.3. The van der Waals surface area contributed by atoms with Crippen LogP contribution < -0.4 is 22.1 Å². The van der Waals surface area contributed by atoms with Crippen LogP contribution in [-0.2, 0) is 52.8 Å². The number of nitrogens with one attached hydrogen (secondary N) is 2. The first-order valence-corrected chi connectivity index (χ1v) is 25.2. The maximum absolute atomic E-state index is 12.1. The van der Waals surface area contributed by atoms with Gasteiger partial charge in [-0.25, -0.2) is 9.59 Å². The number of carbonyl (C=O) groups is 10. The number of unbranched alkanes of at least 4 members (excludes halogenated alkanes) is 2. The highest BCUT2D eigenvalue weighted by Crippen LogP contribution is 2.15. The van der Waals surface area contributed by atoms with E-state index in [9.17, 15) is 53.1 Å². The van der Waals surface area contributed by atoms with Gasteiger partial charge in [-0.3, -0.25) is 38.4 Å². The quantitative estimate of drug-likeness (QED) is 0.0475. The number of hydroxylamine groups is 2. The number of likely N-dealkylation sites (tertiary alicyclic amines) is 3. The fourth-order valence-corrected chi connectivity index (χ4v) is 8.75. The second-order valence-electron chi connectivity index (χ2n) is 15.2. The lowest BCUT2D eigenvalue weighted by Gasteiger charge is -2.16. The minimum absolute atomic E-state index is 0. The average molecular weight is 995 g/mol. The van der Waals surface area contributed by atoms with Gasteiger partial charge in [-0.05, 0) is 57.9 Å². The van der Waals surface area contributed by atoms with E-state index in [1.54, 1.807) is 9.80 Å². The van der Waals surface area contributed by atoms with Crippen molar-refractivity contribution in [3.05, 3.63) is 0 Å². The lowest BCUT2D eigenvalue weighted by molar-refractivity contribution is -0.195. The fraction of sp³-hybridized carbons (Fsp3) is 0.762. The Morgan fingerprint density at radius 1 is 0.606 bits per heavy atom. The molecule has 0 radical (unpaired) electrons. The van der Waals surface area contributed by atoms with Crippen molar-refractivity contribution >= 4 is 94.5 Å². The molecule has 4 heterocycles. The molecule has 4 fully saturated rings. The predicted molar refractivity (Wildman–Crippen MR) is 255 cm³/mol. The molecule has 4 aliphatic heterocycles. The molecule has 0 spiro atoms. The fourth-order valence-electron chi connectivity index (χ4n) is 6.49. The summed E-state index contributed by atoms with van der Waals surface area (Å²) in [5.74, 6) is -0.934. The van der Waals surface area contributed by atoms with E-state index in [0.717, 1.165) is 57.5 Å². The molecule has 0 bridgehead atoms. The van der Waals surface area contributed by atoms with Crippen LogP contribution in [0.1, 0.15) is 105 Å². The van der Waals surface area contributed by atoms with Crippen molar-refractivity contribution in [2.24, 2.45) is 11.5 Å².